The smallest absolute Gasteiger partial charge is 0.340 e. The number of carbonyl (C=O) groups is 3. The SMILES string of the molecule is C=CCCOCC(=O)N(C)c1cc(N(CC)C(C)=O)ccc1C(=O)OCC. The fourth-order valence-corrected chi connectivity index (χ4v) is 2.49. The van der Waals surface area contributed by atoms with Crippen molar-refractivity contribution < 1.29 is 23.9 Å². The molecule has 0 aliphatic heterocycles. The number of hydrogen-bond donors (Lipinski definition) is 0. The van der Waals surface area contributed by atoms with Crippen LogP contribution in [0.25, 0.3) is 0 Å². The second kappa shape index (κ2) is 11.1. The van der Waals surface area contributed by atoms with Crippen LogP contribution in [0.3, 0.4) is 0 Å². The van der Waals surface area contributed by atoms with Gasteiger partial charge >= 0.3 is 5.97 Å². The monoisotopic (exact) mass is 376 g/mol. The first-order chi connectivity index (χ1) is 12.9. The van der Waals surface area contributed by atoms with Crippen LogP contribution in [0.5, 0.6) is 0 Å². The van der Waals surface area contributed by atoms with E-state index in [9.17, 15) is 14.4 Å². The molecular weight excluding hydrogens is 348 g/mol. The van der Waals surface area contributed by atoms with Crippen molar-refractivity contribution in [1.29, 1.82) is 0 Å². The summed E-state index contributed by atoms with van der Waals surface area (Å²) in [5.41, 5.74) is 1.21. The standard InChI is InChI=1S/C20H28N2O5/c1-6-9-12-26-14-19(24)21(5)18-13-16(22(7-2)15(4)23)10-11-17(18)20(25)27-8-3/h6,10-11,13H,1,7-9,12,14H2,2-5H3. The van der Waals surface area contributed by atoms with Crippen LogP contribution in [-0.2, 0) is 19.1 Å². The summed E-state index contributed by atoms with van der Waals surface area (Å²) in [6, 6.07) is 4.87. The lowest BCUT2D eigenvalue weighted by Gasteiger charge is -2.24. The molecule has 0 saturated carbocycles. The van der Waals surface area contributed by atoms with E-state index in [-0.39, 0.29) is 30.6 Å². The molecule has 0 spiro atoms. The van der Waals surface area contributed by atoms with Crippen LogP contribution in [0.2, 0.25) is 0 Å². The molecule has 0 fully saturated rings. The van der Waals surface area contributed by atoms with Gasteiger partial charge in [-0.2, -0.15) is 0 Å². The van der Waals surface area contributed by atoms with Gasteiger partial charge in [0.2, 0.25) is 5.91 Å². The average molecular weight is 376 g/mol. The van der Waals surface area contributed by atoms with Crippen molar-refractivity contribution in [2.45, 2.75) is 27.2 Å². The van der Waals surface area contributed by atoms with E-state index in [1.807, 2.05) is 6.92 Å². The maximum absolute atomic E-state index is 12.5. The van der Waals surface area contributed by atoms with Gasteiger partial charge in [-0.05, 0) is 38.5 Å². The van der Waals surface area contributed by atoms with Gasteiger partial charge in [-0.1, -0.05) is 6.08 Å². The molecule has 0 N–H and O–H groups in total. The maximum atomic E-state index is 12.5. The molecule has 7 heteroatoms. The molecule has 0 saturated heterocycles. The molecule has 27 heavy (non-hydrogen) atoms. The molecule has 7 nitrogen and oxygen atoms in total. The lowest BCUT2D eigenvalue weighted by Crippen LogP contribution is -2.33. The van der Waals surface area contributed by atoms with E-state index >= 15 is 0 Å². The Bertz CT molecular complexity index is 687. The number of hydrogen-bond acceptors (Lipinski definition) is 5. The van der Waals surface area contributed by atoms with E-state index in [0.717, 1.165) is 0 Å². The summed E-state index contributed by atoms with van der Waals surface area (Å²) >= 11 is 0. The number of amides is 2. The van der Waals surface area contributed by atoms with Gasteiger partial charge in [0.15, 0.2) is 0 Å². The van der Waals surface area contributed by atoms with Crippen molar-refractivity contribution >= 4 is 29.2 Å². The molecule has 1 aromatic carbocycles. The Morgan fingerprint density at radius 3 is 2.48 bits per heavy atom. The largest absolute Gasteiger partial charge is 0.462 e. The van der Waals surface area contributed by atoms with Crippen molar-refractivity contribution in [1.82, 2.24) is 0 Å². The third-order valence-corrected chi connectivity index (χ3v) is 3.91. The minimum atomic E-state index is -0.530. The quantitative estimate of drug-likeness (QED) is 0.357. The number of anilines is 2. The van der Waals surface area contributed by atoms with Crippen molar-refractivity contribution in [3.63, 3.8) is 0 Å². The molecule has 1 rings (SSSR count). The Morgan fingerprint density at radius 1 is 1.22 bits per heavy atom. The van der Waals surface area contributed by atoms with Gasteiger partial charge in [0.05, 0.1) is 24.5 Å². The molecule has 0 bridgehead atoms. The normalized spacial score (nSPS) is 10.2. The van der Waals surface area contributed by atoms with E-state index in [1.165, 1.54) is 11.8 Å². The summed E-state index contributed by atoms with van der Waals surface area (Å²) in [4.78, 5) is 39.5. The Labute approximate surface area is 160 Å². The molecule has 2 amide bonds. The van der Waals surface area contributed by atoms with Crippen LogP contribution >= 0.6 is 0 Å². The van der Waals surface area contributed by atoms with Gasteiger partial charge < -0.3 is 19.3 Å². The highest BCUT2D eigenvalue weighted by Crippen LogP contribution is 2.27. The third-order valence-electron chi connectivity index (χ3n) is 3.91. The molecule has 0 aromatic heterocycles. The summed E-state index contributed by atoms with van der Waals surface area (Å²) in [6.45, 7) is 9.58. The predicted molar refractivity (Wildman–Crippen MR) is 105 cm³/mol. The number of benzene rings is 1. The van der Waals surface area contributed by atoms with Crippen LogP contribution in [0, 0.1) is 0 Å². The van der Waals surface area contributed by atoms with Crippen molar-refractivity contribution in [2.24, 2.45) is 0 Å². The third kappa shape index (κ3) is 6.21. The van der Waals surface area contributed by atoms with Crippen LogP contribution in [0.4, 0.5) is 11.4 Å². The Balaban J connectivity index is 3.20. The first-order valence-corrected chi connectivity index (χ1v) is 8.91. The zero-order valence-corrected chi connectivity index (χ0v) is 16.5. The molecule has 1 aromatic rings. The van der Waals surface area contributed by atoms with Crippen LogP contribution < -0.4 is 9.80 Å². The van der Waals surface area contributed by atoms with Gasteiger partial charge in [-0.25, -0.2) is 4.79 Å². The van der Waals surface area contributed by atoms with Crippen molar-refractivity contribution in [2.75, 3.05) is 43.2 Å². The minimum Gasteiger partial charge on any atom is -0.462 e. The highest BCUT2D eigenvalue weighted by molar-refractivity contribution is 6.04. The molecular formula is C20H28N2O5. The van der Waals surface area contributed by atoms with E-state index in [4.69, 9.17) is 9.47 Å². The Kier molecular flexibility index (Phi) is 9.22. The second-order valence-corrected chi connectivity index (χ2v) is 5.77. The summed E-state index contributed by atoms with van der Waals surface area (Å²) in [5.74, 6) is -0.973. The zero-order chi connectivity index (χ0) is 20.4. The van der Waals surface area contributed by atoms with Gasteiger partial charge in [-0.3, -0.25) is 9.59 Å². The van der Waals surface area contributed by atoms with E-state index in [1.54, 1.807) is 43.1 Å². The van der Waals surface area contributed by atoms with Gasteiger partial charge in [0.25, 0.3) is 5.91 Å². The number of ether oxygens (including phenoxy) is 2. The Hall–Kier alpha value is -2.67. The van der Waals surface area contributed by atoms with E-state index in [2.05, 4.69) is 6.58 Å². The molecule has 0 aliphatic rings. The lowest BCUT2D eigenvalue weighted by molar-refractivity contribution is -0.122. The van der Waals surface area contributed by atoms with Crippen LogP contribution in [-0.4, -0.2) is 51.2 Å². The van der Waals surface area contributed by atoms with Crippen molar-refractivity contribution in [3.05, 3.63) is 36.4 Å². The summed E-state index contributed by atoms with van der Waals surface area (Å²) in [5, 5.41) is 0. The van der Waals surface area contributed by atoms with Gasteiger partial charge in [-0.15, -0.1) is 6.58 Å². The summed E-state index contributed by atoms with van der Waals surface area (Å²) in [7, 11) is 1.56. The number of esters is 1. The predicted octanol–water partition coefficient (Wildman–Crippen LogP) is 2.79. The summed E-state index contributed by atoms with van der Waals surface area (Å²) in [6.07, 6.45) is 2.35. The Morgan fingerprint density at radius 2 is 1.93 bits per heavy atom. The molecule has 0 radical (unpaired) electrons. The molecule has 148 valence electrons. The highest BCUT2D eigenvalue weighted by Gasteiger charge is 2.22. The summed E-state index contributed by atoms with van der Waals surface area (Å²) < 4.78 is 10.4. The second-order valence-electron chi connectivity index (χ2n) is 5.77. The van der Waals surface area contributed by atoms with Gasteiger partial charge in [0.1, 0.15) is 6.61 Å². The number of nitrogens with zero attached hydrogens (tertiary/aromatic N) is 2. The topological polar surface area (TPSA) is 76.2 Å². The fourth-order valence-electron chi connectivity index (χ4n) is 2.49. The number of carbonyl (C=O) groups excluding carboxylic acids is 3. The zero-order valence-electron chi connectivity index (χ0n) is 16.5. The maximum Gasteiger partial charge on any atom is 0.340 e. The van der Waals surface area contributed by atoms with Gasteiger partial charge in [0, 0.05) is 26.2 Å². The van der Waals surface area contributed by atoms with E-state index < -0.39 is 5.97 Å². The minimum absolute atomic E-state index is 0.124. The fraction of sp³-hybridized carbons (Fsp3) is 0.450. The lowest BCUT2D eigenvalue weighted by atomic mass is 10.1. The number of likely N-dealkylation sites (N-methyl/N-ethyl adjacent to an activating group) is 1. The highest BCUT2D eigenvalue weighted by atomic mass is 16.5. The van der Waals surface area contributed by atoms with E-state index in [0.29, 0.717) is 30.9 Å². The van der Waals surface area contributed by atoms with Crippen LogP contribution in [0.15, 0.2) is 30.9 Å². The van der Waals surface area contributed by atoms with Crippen LogP contribution in [0.1, 0.15) is 37.6 Å². The molecule has 0 aliphatic carbocycles. The van der Waals surface area contributed by atoms with Crippen molar-refractivity contribution in [3.8, 4) is 0 Å². The molecule has 0 heterocycles. The molecule has 0 atom stereocenters. The average Bonchev–Trinajstić information content (AvgIpc) is 2.64. The first-order valence-electron chi connectivity index (χ1n) is 8.91. The first kappa shape index (κ1) is 22.4. The molecule has 0 unspecified atom stereocenters. The number of rotatable bonds is 10.